The zero-order valence-corrected chi connectivity index (χ0v) is 19.4. The Labute approximate surface area is 185 Å². The van der Waals surface area contributed by atoms with Crippen LogP contribution in [-0.4, -0.2) is 52.9 Å². The van der Waals surface area contributed by atoms with Crippen molar-refractivity contribution in [2.45, 2.75) is 46.2 Å². The summed E-state index contributed by atoms with van der Waals surface area (Å²) in [6.45, 7) is 10.6. The number of aryl methyl sites for hydroxylation is 2. The Hall–Kier alpha value is -1.84. The molecule has 28 heavy (non-hydrogen) atoms. The Kier molecular flexibility index (Phi) is 9.01. The maximum Gasteiger partial charge on any atom is 0.191 e. The van der Waals surface area contributed by atoms with Crippen LogP contribution in [0, 0.1) is 13.8 Å². The van der Waals surface area contributed by atoms with Crippen LogP contribution in [0.25, 0.3) is 0 Å². The van der Waals surface area contributed by atoms with Crippen molar-refractivity contribution in [3.63, 3.8) is 0 Å². The Balaban J connectivity index is 0.00000280. The number of guanidine groups is 1. The van der Waals surface area contributed by atoms with Gasteiger partial charge >= 0.3 is 0 Å². The Morgan fingerprint density at radius 1 is 1.18 bits per heavy atom. The van der Waals surface area contributed by atoms with Crippen molar-refractivity contribution in [2.24, 2.45) is 4.99 Å². The van der Waals surface area contributed by atoms with Crippen molar-refractivity contribution >= 4 is 35.8 Å². The van der Waals surface area contributed by atoms with Gasteiger partial charge in [0.15, 0.2) is 5.96 Å². The third kappa shape index (κ3) is 6.65. The predicted molar refractivity (Wildman–Crippen MR) is 126 cm³/mol. The van der Waals surface area contributed by atoms with Gasteiger partial charge in [-0.1, -0.05) is 6.07 Å². The first-order valence-corrected chi connectivity index (χ1v) is 9.85. The van der Waals surface area contributed by atoms with Gasteiger partial charge in [-0.2, -0.15) is 5.10 Å². The summed E-state index contributed by atoms with van der Waals surface area (Å²) in [5.41, 5.74) is 2.38. The van der Waals surface area contributed by atoms with Gasteiger partial charge in [-0.3, -0.25) is 9.67 Å². The molecular formula is C20H32IN7. The number of hydrogen-bond acceptors (Lipinski definition) is 4. The first kappa shape index (κ1) is 22.4. The van der Waals surface area contributed by atoms with Crippen molar-refractivity contribution in [3.05, 3.63) is 41.9 Å². The normalized spacial score (nSPS) is 15.2. The standard InChI is InChI=1S/C20H31N7.HI/c1-4-21-20(22-9-12-27-15-17(3)14-24-27)25-18-7-10-26(11-8-18)19-6-5-16(2)13-23-19;/h5-6,13-15,18H,4,7-12H2,1-3H3,(H2,21,22,25);1H. The van der Waals surface area contributed by atoms with E-state index < -0.39 is 0 Å². The molecule has 1 fully saturated rings. The summed E-state index contributed by atoms with van der Waals surface area (Å²) in [7, 11) is 0. The molecule has 2 aromatic heterocycles. The molecule has 0 radical (unpaired) electrons. The lowest BCUT2D eigenvalue weighted by molar-refractivity contribution is 0.459. The highest BCUT2D eigenvalue weighted by Crippen LogP contribution is 2.18. The van der Waals surface area contributed by atoms with E-state index in [4.69, 9.17) is 4.99 Å². The number of pyridine rings is 1. The number of piperidine rings is 1. The molecule has 1 saturated heterocycles. The molecule has 1 aliphatic rings. The fourth-order valence-electron chi connectivity index (χ4n) is 3.27. The number of nitrogens with zero attached hydrogens (tertiary/aromatic N) is 5. The number of nitrogens with one attached hydrogen (secondary N) is 2. The van der Waals surface area contributed by atoms with Crippen LogP contribution in [0.1, 0.15) is 30.9 Å². The zero-order chi connectivity index (χ0) is 19.1. The van der Waals surface area contributed by atoms with E-state index in [2.05, 4.69) is 58.5 Å². The number of aromatic nitrogens is 3. The molecule has 1 aliphatic heterocycles. The van der Waals surface area contributed by atoms with Gasteiger partial charge in [0.05, 0.1) is 19.3 Å². The Morgan fingerprint density at radius 2 is 1.96 bits per heavy atom. The minimum atomic E-state index is 0. The molecule has 3 heterocycles. The quantitative estimate of drug-likeness (QED) is 0.365. The highest BCUT2D eigenvalue weighted by atomic mass is 127. The average molecular weight is 497 g/mol. The van der Waals surface area contributed by atoms with Crippen molar-refractivity contribution < 1.29 is 0 Å². The van der Waals surface area contributed by atoms with Gasteiger partial charge in [-0.05, 0) is 50.8 Å². The molecule has 7 nitrogen and oxygen atoms in total. The third-order valence-electron chi connectivity index (χ3n) is 4.76. The second kappa shape index (κ2) is 11.2. The van der Waals surface area contributed by atoms with Gasteiger partial charge < -0.3 is 15.5 Å². The van der Waals surface area contributed by atoms with Crippen LogP contribution in [0.15, 0.2) is 35.7 Å². The molecule has 0 spiro atoms. The summed E-state index contributed by atoms with van der Waals surface area (Å²) in [6.07, 6.45) is 8.03. The van der Waals surface area contributed by atoms with Gasteiger partial charge in [0.25, 0.3) is 0 Å². The second-order valence-electron chi connectivity index (χ2n) is 7.14. The van der Waals surface area contributed by atoms with Crippen molar-refractivity contribution in [2.75, 3.05) is 31.1 Å². The average Bonchev–Trinajstić information content (AvgIpc) is 3.08. The SMILES string of the molecule is CCNC(=NCCn1cc(C)cn1)NC1CCN(c2ccc(C)cn2)CC1.I. The van der Waals surface area contributed by atoms with Crippen molar-refractivity contribution in [1.29, 1.82) is 0 Å². The molecule has 0 aromatic carbocycles. The van der Waals surface area contributed by atoms with Gasteiger partial charge in [-0.15, -0.1) is 24.0 Å². The lowest BCUT2D eigenvalue weighted by atomic mass is 10.1. The maximum atomic E-state index is 4.71. The van der Waals surface area contributed by atoms with E-state index in [-0.39, 0.29) is 24.0 Å². The molecule has 0 unspecified atom stereocenters. The number of aliphatic imine (C=N–C) groups is 1. The van der Waals surface area contributed by atoms with Gasteiger partial charge in [0.2, 0.25) is 0 Å². The predicted octanol–water partition coefficient (Wildman–Crippen LogP) is 2.74. The van der Waals surface area contributed by atoms with Crippen molar-refractivity contribution in [3.8, 4) is 0 Å². The number of rotatable bonds is 6. The lowest BCUT2D eigenvalue weighted by Crippen LogP contribution is -2.49. The first-order chi connectivity index (χ1) is 13.1. The third-order valence-corrected chi connectivity index (χ3v) is 4.76. The van der Waals surface area contributed by atoms with Crippen LogP contribution in [-0.2, 0) is 6.54 Å². The van der Waals surface area contributed by atoms with Crippen molar-refractivity contribution in [1.82, 2.24) is 25.4 Å². The van der Waals surface area contributed by atoms with Crippen LogP contribution >= 0.6 is 24.0 Å². The molecule has 0 atom stereocenters. The maximum absolute atomic E-state index is 4.71. The molecule has 0 bridgehead atoms. The van der Waals surface area contributed by atoms with Crippen LogP contribution in [0.5, 0.6) is 0 Å². The lowest BCUT2D eigenvalue weighted by Gasteiger charge is -2.33. The topological polar surface area (TPSA) is 70.4 Å². The highest BCUT2D eigenvalue weighted by Gasteiger charge is 2.20. The summed E-state index contributed by atoms with van der Waals surface area (Å²) in [5, 5.41) is 11.3. The van der Waals surface area contributed by atoms with E-state index in [1.54, 1.807) is 0 Å². The molecule has 0 aliphatic carbocycles. The molecular weight excluding hydrogens is 465 g/mol. The number of anilines is 1. The summed E-state index contributed by atoms with van der Waals surface area (Å²) in [4.78, 5) is 11.6. The minimum absolute atomic E-state index is 0. The molecule has 2 aromatic rings. The highest BCUT2D eigenvalue weighted by molar-refractivity contribution is 14.0. The van der Waals surface area contributed by atoms with Crippen LogP contribution < -0.4 is 15.5 Å². The summed E-state index contributed by atoms with van der Waals surface area (Å²) < 4.78 is 1.94. The molecule has 0 saturated carbocycles. The molecule has 8 heteroatoms. The first-order valence-electron chi connectivity index (χ1n) is 9.85. The number of hydrogen-bond donors (Lipinski definition) is 2. The van der Waals surface area contributed by atoms with Gasteiger partial charge in [0, 0.05) is 38.1 Å². The fraction of sp³-hybridized carbons (Fsp3) is 0.550. The molecule has 0 amide bonds. The fourth-order valence-corrected chi connectivity index (χ4v) is 3.27. The van der Waals surface area contributed by atoms with E-state index >= 15 is 0 Å². The minimum Gasteiger partial charge on any atom is -0.357 e. The summed E-state index contributed by atoms with van der Waals surface area (Å²) in [6, 6.07) is 4.69. The summed E-state index contributed by atoms with van der Waals surface area (Å²) in [5.74, 6) is 1.97. The monoisotopic (exact) mass is 497 g/mol. The Morgan fingerprint density at radius 3 is 2.57 bits per heavy atom. The van der Waals surface area contributed by atoms with E-state index in [0.29, 0.717) is 12.6 Å². The largest absolute Gasteiger partial charge is 0.357 e. The van der Waals surface area contributed by atoms with Gasteiger partial charge in [0.1, 0.15) is 5.82 Å². The van der Waals surface area contributed by atoms with Gasteiger partial charge in [-0.25, -0.2) is 4.98 Å². The number of halogens is 1. The van der Waals surface area contributed by atoms with E-state index in [0.717, 1.165) is 50.8 Å². The van der Waals surface area contributed by atoms with E-state index in [9.17, 15) is 0 Å². The van der Waals surface area contributed by atoms with E-state index in [1.807, 2.05) is 23.3 Å². The second-order valence-corrected chi connectivity index (χ2v) is 7.14. The Bertz CT molecular complexity index is 733. The molecule has 2 N–H and O–H groups in total. The molecule has 154 valence electrons. The summed E-state index contributed by atoms with van der Waals surface area (Å²) >= 11 is 0. The van der Waals surface area contributed by atoms with E-state index in [1.165, 1.54) is 11.1 Å². The van der Waals surface area contributed by atoms with Crippen LogP contribution in [0.4, 0.5) is 5.82 Å². The smallest absolute Gasteiger partial charge is 0.191 e. The van der Waals surface area contributed by atoms with Crippen LogP contribution in [0.3, 0.4) is 0 Å². The van der Waals surface area contributed by atoms with Crippen LogP contribution in [0.2, 0.25) is 0 Å². The zero-order valence-electron chi connectivity index (χ0n) is 17.1. The molecule has 3 rings (SSSR count).